The molecular weight excluding hydrogens is 510 g/mol. The number of nitrogens with one attached hydrogen (secondary N) is 1. The molecule has 9 heteroatoms. The van der Waals surface area contributed by atoms with E-state index in [0.29, 0.717) is 17.1 Å². The van der Waals surface area contributed by atoms with Gasteiger partial charge in [-0.1, -0.05) is 54.8 Å². The average molecular weight is 548 g/mol. The van der Waals surface area contributed by atoms with Crippen molar-refractivity contribution in [3.05, 3.63) is 64.2 Å². The van der Waals surface area contributed by atoms with Gasteiger partial charge in [-0.05, 0) is 68.9 Å². The number of carbonyl (C=O) groups is 2. The number of hydrogen-bond acceptors (Lipinski definition) is 4. The van der Waals surface area contributed by atoms with E-state index >= 15 is 0 Å². The number of anilines is 1. The van der Waals surface area contributed by atoms with Crippen LogP contribution in [-0.4, -0.2) is 50.0 Å². The van der Waals surface area contributed by atoms with Gasteiger partial charge in [0.15, 0.2) is 0 Å². The predicted molar refractivity (Wildman–Crippen MR) is 149 cm³/mol. The molecule has 1 aliphatic carbocycles. The molecule has 37 heavy (non-hydrogen) atoms. The van der Waals surface area contributed by atoms with Crippen molar-refractivity contribution >= 4 is 39.1 Å². The van der Waals surface area contributed by atoms with Crippen molar-refractivity contribution in [2.45, 2.75) is 77.9 Å². The molecular formula is C28H38ClN3O4S. The molecule has 1 atom stereocenters. The lowest BCUT2D eigenvalue weighted by Crippen LogP contribution is -2.49. The van der Waals surface area contributed by atoms with Gasteiger partial charge < -0.3 is 10.2 Å². The van der Waals surface area contributed by atoms with E-state index in [9.17, 15) is 18.0 Å². The second-order valence-electron chi connectivity index (χ2n) is 10.0. The normalized spacial score (nSPS) is 14.8. The van der Waals surface area contributed by atoms with Crippen LogP contribution >= 0.6 is 11.6 Å². The molecule has 1 N–H and O–H groups in total. The minimum atomic E-state index is -3.55. The number of carbonyl (C=O) groups excluding carboxylic acids is 2. The zero-order valence-electron chi connectivity index (χ0n) is 22.2. The van der Waals surface area contributed by atoms with Gasteiger partial charge in [0, 0.05) is 30.6 Å². The van der Waals surface area contributed by atoms with Crippen LogP contribution in [0.25, 0.3) is 0 Å². The summed E-state index contributed by atoms with van der Waals surface area (Å²) in [4.78, 5) is 28.1. The summed E-state index contributed by atoms with van der Waals surface area (Å²) in [5.74, 6) is -0.399. The van der Waals surface area contributed by atoms with Gasteiger partial charge in [-0.2, -0.15) is 0 Å². The SMILES string of the molecule is Cc1ccc(C)c(N(CCCC(=O)N(Cc2ccccc2Cl)[C@@H](C)C(=O)NC2CCCC2)S(C)(=O)=O)c1. The Bertz CT molecular complexity index is 1210. The van der Waals surface area contributed by atoms with E-state index < -0.39 is 16.1 Å². The van der Waals surface area contributed by atoms with Crippen LogP contribution in [0.1, 0.15) is 62.1 Å². The first-order valence-electron chi connectivity index (χ1n) is 12.9. The standard InChI is InChI=1S/C28H38ClN3O4S/c1-20-15-16-21(2)26(18-20)32(37(4,35)36)17-9-14-27(33)31(19-23-10-5-8-13-25(23)29)22(3)28(34)30-24-11-6-7-12-24/h5,8,10,13,15-16,18,22,24H,6-7,9,11-12,14,17,19H2,1-4H3,(H,30,34)/t22-/m0/s1. The highest BCUT2D eigenvalue weighted by atomic mass is 35.5. The maximum absolute atomic E-state index is 13.5. The van der Waals surface area contributed by atoms with Crippen molar-refractivity contribution in [1.29, 1.82) is 0 Å². The minimum absolute atomic E-state index is 0.0996. The van der Waals surface area contributed by atoms with E-state index in [0.717, 1.165) is 42.4 Å². The van der Waals surface area contributed by atoms with Gasteiger partial charge in [-0.15, -0.1) is 0 Å². The Hall–Kier alpha value is -2.58. The molecule has 2 aromatic carbocycles. The van der Waals surface area contributed by atoms with Crippen LogP contribution in [0.3, 0.4) is 0 Å². The van der Waals surface area contributed by atoms with Gasteiger partial charge in [0.2, 0.25) is 21.8 Å². The van der Waals surface area contributed by atoms with Gasteiger partial charge in [-0.25, -0.2) is 8.42 Å². The Morgan fingerprint density at radius 3 is 2.43 bits per heavy atom. The van der Waals surface area contributed by atoms with E-state index in [-0.39, 0.29) is 37.4 Å². The molecule has 2 aromatic rings. The maximum atomic E-state index is 13.5. The van der Waals surface area contributed by atoms with Crippen LogP contribution in [-0.2, 0) is 26.2 Å². The molecule has 1 saturated carbocycles. The fourth-order valence-electron chi connectivity index (χ4n) is 4.76. The molecule has 1 fully saturated rings. The summed E-state index contributed by atoms with van der Waals surface area (Å²) in [7, 11) is -3.55. The molecule has 0 aromatic heterocycles. The Morgan fingerprint density at radius 1 is 1.11 bits per heavy atom. The van der Waals surface area contributed by atoms with Crippen LogP contribution in [0, 0.1) is 13.8 Å². The van der Waals surface area contributed by atoms with Crippen LogP contribution in [0.5, 0.6) is 0 Å². The van der Waals surface area contributed by atoms with Crippen molar-refractivity contribution in [3.63, 3.8) is 0 Å². The number of benzene rings is 2. The lowest BCUT2D eigenvalue weighted by molar-refractivity contribution is -0.140. The number of sulfonamides is 1. The zero-order valence-corrected chi connectivity index (χ0v) is 23.7. The number of hydrogen-bond donors (Lipinski definition) is 1. The van der Waals surface area contributed by atoms with Crippen LogP contribution in [0.15, 0.2) is 42.5 Å². The Labute approximate surface area is 226 Å². The molecule has 0 radical (unpaired) electrons. The monoisotopic (exact) mass is 547 g/mol. The molecule has 7 nitrogen and oxygen atoms in total. The second kappa shape index (κ2) is 12.8. The third kappa shape index (κ3) is 7.95. The van der Waals surface area contributed by atoms with Crippen LogP contribution in [0.4, 0.5) is 5.69 Å². The Morgan fingerprint density at radius 2 is 1.78 bits per heavy atom. The molecule has 2 amide bonds. The number of nitrogens with zero attached hydrogens (tertiary/aromatic N) is 2. The van der Waals surface area contributed by atoms with Gasteiger partial charge >= 0.3 is 0 Å². The Kier molecular flexibility index (Phi) is 10.0. The molecule has 0 bridgehead atoms. The van der Waals surface area contributed by atoms with Crippen molar-refractivity contribution in [3.8, 4) is 0 Å². The summed E-state index contributed by atoms with van der Waals surface area (Å²) in [6.07, 6.45) is 5.69. The smallest absolute Gasteiger partial charge is 0.242 e. The summed E-state index contributed by atoms with van der Waals surface area (Å²) < 4.78 is 26.6. The Balaban J connectivity index is 1.75. The van der Waals surface area contributed by atoms with Crippen molar-refractivity contribution in [1.82, 2.24) is 10.2 Å². The topological polar surface area (TPSA) is 86.8 Å². The van der Waals surface area contributed by atoms with E-state index in [1.807, 2.05) is 50.2 Å². The summed E-state index contributed by atoms with van der Waals surface area (Å²) in [6, 6.07) is 12.4. The number of aryl methyl sites for hydroxylation is 2. The minimum Gasteiger partial charge on any atom is -0.352 e. The van der Waals surface area contributed by atoms with E-state index in [1.54, 1.807) is 17.9 Å². The lowest BCUT2D eigenvalue weighted by atomic mass is 10.1. The van der Waals surface area contributed by atoms with E-state index in [4.69, 9.17) is 11.6 Å². The first-order valence-corrected chi connectivity index (χ1v) is 15.1. The van der Waals surface area contributed by atoms with Crippen LogP contribution in [0.2, 0.25) is 5.02 Å². The summed E-state index contributed by atoms with van der Waals surface area (Å²) >= 11 is 6.37. The van der Waals surface area contributed by atoms with Crippen molar-refractivity contribution < 1.29 is 18.0 Å². The quantitative estimate of drug-likeness (QED) is 0.430. The highest BCUT2D eigenvalue weighted by Gasteiger charge is 2.29. The molecule has 1 aliphatic rings. The van der Waals surface area contributed by atoms with Crippen LogP contribution < -0.4 is 9.62 Å². The van der Waals surface area contributed by atoms with Gasteiger partial charge in [-0.3, -0.25) is 13.9 Å². The molecule has 0 aliphatic heterocycles. The van der Waals surface area contributed by atoms with Crippen molar-refractivity contribution in [2.24, 2.45) is 0 Å². The number of halogens is 1. The summed E-state index contributed by atoms with van der Waals surface area (Å²) in [6.45, 7) is 5.88. The number of amides is 2. The maximum Gasteiger partial charge on any atom is 0.242 e. The molecule has 0 spiro atoms. The number of rotatable bonds is 11. The second-order valence-corrected chi connectivity index (χ2v) is 12.3. The summed E-state index contributed by atoms with van der Waals surface area (Å²) in [5.41, 5.74) is 3.18. The van der Waals surface area contributed by atoms with Gasteiger partial charge in [0.05, 0.1) is 11.9 Å². The molecule has 0 heterocycles. The van der Waals surface area contributed by atoms with E-state index in [2.05, 4.69) is 5.32 Å². The summed E-state index contributed by atoms with van der Waals surface area (Å²) in [5, 5.41) is 3.62. The fraction of sp³-hybridized carbons (Fsp3) is 0.500. The largest absolute Gasteiger partial charge is 0.352 e. The first-order chi connectivity index (χ1) is 17.5. The zero-order chi connectivity index (χ0) is 27.2. The average Bonchev–Trinajstić information content (AvgIpc) is 3.34. The highest BCUT2D eigenvalue weighted by Crippen LogP contribution is 2.25. The molecule has 0 saturated heterocycles. The molecule has 3 rings (SSSR count). The highest BCUT2D eigenvalue weighted by molar-refractivity contribution is 7.92. The van der Waals surface area contributed by atoms with Gasteiger partial charge in [0.1, 0.15) is 6.04 Å². The predicted octanol–water partition coefficient (Wildman–Crippen LogP) is 4.98. The van der Waals surface area contributed by atoms with Gasteiger partial charge in [0.25, 0.3) is 0 Å². The van der Waals surface area contributed by atoms with Crippen molar-refractivity contribution in [2.75, 3.05) is 17.1 Å². The molecule has 0 unspecified atom stereocenters. The van der Waals surface area contributed by atoms with E-state index in [1.165, 1.54) is 10.6 Å². The first kappa shape index (κ1) is 29.0. The molecule has 202 valence electrons. The third-order valence-corrected chi connectivity index (χ3v) is 8.50. The lowest BCUT2D eigenvalue weighted by Gasteiger charge is -2.30. The third-order valence-electron chi connectivity index (χ3n) is 6.95. The fourth-order valence-corrected chi connectivity index (χ4v) is 5.97.